The molecule has 0 unspecified atom stereocenters. The van der Waals surface area contributed by atoms with Crippen molar-refractivity contribution in [2.24, 2.45) is 17.6 Å². The van der Waals surface area contributed by atoms with Gasteiger partial charge in [0.1, 0.15) is 5.82 Å². The van der Waals surface area contributed by atoms with Crippen LogP contribution in [0.5, 0.6) is 0 Å². The third-order valence-corrected chi connectivity index (χ3v) is 5.72. The highest BCUT2D eigenvalue weighted by atomic mass is 15.2. The van der Waals surface area contributed by atoms with Gasteiger partial charge < -0.3 is 16.0 Å². The van der Waals surface area contributed by atoms with Crippen molar-refractivity contribution >= 4 is 11.5 Å². The quantitative estimate of drug-likeness (QED) is 0.892. The minimum atomic E-state index is 0.583. The Morgan fingerprint density at radius 3 is 2.43 bits per heavy atom. The van der Waals surface area contributed by atoms with Crippen LogP contribution in [-0.4, -0.2) is 30.7 Å². The Labute approximate surface area is 140 Å². The summed E-state index contributed by atoms with van der Waals surface area (Å²) in [5.41, 5.74) is 8.12. The number of pyridine rings is 1. The summed E-state index contributed by atoms with van der Waals surface area (Å²) >= 11 is 0. The Bertz CT molecular complexity index is 500. The maximum absolute atomic E-state index is 5.79. The van der Waals surface area contributed by atoms with Gasteiger partial charge in [0.2, 0.25) is 0 Å². The maximum Gasteiger partial charge on any atom is 0.128 e. The lowest BCUT2D eigenvalue weighted by Crippen LogP contribution is -2.33. The molecule has 2 fully saturated rings. The second-order valence-electron chi connectivity index (χ2n) is 7.57. The van der Waals surface area contributed by atoms with Gasteiger partial charge in [0, 0.05) is 19.1 Å². The molecule has 0 spiro atoms. The predicted octanol–water partition coefficient (Wildman–Crippen LogP) is 3.56. The molecule has 3 rings (SSSR count). The molecule has 1 saturated carbocycles. The summed E-state index contributed by atoms with van der Waals surface area (Å²) in [6, 6.07) is 5.00. The monoisotopic (exact) mass is 316 g/mol. The number of rotatable bonds is 4. The summed E-state index contributed by atoms with van der Waals surface area (Å²) in [5.74, 6) is 2.74. The molecule has 0 amide bonds. The first-order chi connectivity index (χ1) is 11.2. The number of nitrogens with zero attached hydrogens (tertiary/aromatic N) is 2. The van der Waals surface area contributed by atoms with E-state index in [0.717, 1.165) is 43.0 Å². The number of aromatic nitrogens is 1. The van der Waals surface area contributed by atoms with E-state index in [1.54, 1.807) is 0 Å². The van der Waals surface area contributed by atoms with Crippen molar-refractivity contribution in [3.63, 3.8) is 0 Å². The van der Waals surface area contributed by atoms with Gasteiger partial charge in [0.25, 0.3) is 0 Å². The number of nitrogens with one attached hydrogen (secondary N) is 1. The van der Waals surface area contributed by atoms with Crippen LogP contribution in [0.2, 0.25) is 0 Å². The molecule has 2 heterocycles. The van der Waals surface area contributed by atoms with E-state index in [1.807, 2.05) is 0 Å². The molecule has 0 atom stereocenters. The van der Waals surface area contributed by atoms with Crippen molar-refractivity contribution in [2.45, 2.75) is 58.4 Å². The van der Waals surface area contributed by atoms with Crippen LogP contribution in [0.25, 0.3) is 0 Å². The van der Waals surface area contributed by atoms with Gasteiger partial charge in [-0.15, -0.1) is 0 Å². The number of hydrogen-bond acceptors (Lipinski definition) is 4. The average Bonchev–Trinajstić information content (AvgIpc) is 2.58. The van der Waals surface area contributed by atoms with Crippen molar-refractivity contribution in [1.29, 1.82) is 0 Å². The number of anilines is 2. The number of piperidine rings is 1. The van der Waals surface area contributed by atoms with Crippen LogP contribution in [0.1, 0.15) is 51.1 Å². The summed E-state index contributed by atoms with van der Waals surface area (Å²) in [4.78, 5) is 7.30. The van der Waals surface area contributed by atoms with Crippen LogP contribution in [0, 0.1) is 18.8 Å². The summed E-state index contributed by atoms with van der Waals surface area (Å²) in [7, 11) is 0. The lowest BCUT2D eigenvalue weighted by Gasteiger charge is -2.32. The highest BCUT2D eigenvalue weighted by Gasteiger charge is 2.21. The molecule has 4 heteroatoms. The maximum atomic E-state index is 5.79. The number of aryl methyl sites for hydroxylation is 1. The van der Waals surface area contributed by atoms with Gasteiger partial charge in [-0.25, -0.2) is 4.98 Å². The lowest BCUT2D eigenvalue weighted by molar-refractivity contribution is 0.345. The second kappa shape index (κ2) is 7.52. The predicted molar refractivity (Wildman–Crippen MR) is 98.0 cm³/mol. The van der Waals surface area contributed by atoms with Crippen molar-refractivity contribution < 1.29 is 0 Å². The topological polar surface area (TPSA) is 54.2 Å². The molecule has 128 valence electrons. The largest absolute Gasteiger partial charge is 0.381 e. The summed E-state index contributed by atoms with van der Waals surface area (Å²) in [6.45, 7) is 7.61. The molecule has 1 aliphatic heterocycles. The Hall–Kier alpha value is -1.29. The molecule has 4 nitrogen and oxygen atoms in total. The third-order valence-electron chi connectivity index (χ3n) is 5.72. The standard InChI is InChI=1S/C19H32N4/c1-14-9-11-23(12-10-14)19-8-7-18(15(2)21-19)22-17-5-3-16(13-20)4-6-17/h7-8,14,16-17,22H,3-6,9-13,20H2,1-2H3. The number of hydrogen-bond donors (Lipinski definition) is 2. The van der Waals surface area contributed by atoms with Gasteiger partial charge in [-0.05, 0) is 76.0 Å². The second-order valence-corrected chi connectivity index (χ2v) is 7.57. The molecule has 1 saturated heterocycles. The van der Waals surface area contributed by atoms with Crippen LogP contribution in [0.3, 0.4) is 0 Å². The van der Waals surface area contributed by atoms with Crippen LogP contribution in [0.4, 0.5) is 11.5 Å². The Balaban J connectivity index is 1.59. The lowest BCUT2D eigenvalue weighted by atomic mass is 9.86. The Kier molecular flexibility index (Phi) is 5.42. The zero-order valence-electron chi connectivity index (χ0n) is 14.7. The normalized spacial score (nSPS) is 26.3. The molecule has 1 aromatic rings. The van der Waals surface area contributed by atoms with E-state index in [2.05, 4.69) is 36.2 Å². The van der Waals surface area contributed by atoms with Gasteiger partial charge >= 0.3 is 0 Å². The fraction of sp³-hybridized carbons (Fsp3) is 0.737. The van der Waals surface area contributed by atoms with Crippen LogP contribution < -0.4 is 16.0 Å². The minimum Gasteiger partial charge on any atom is -0.381 e. The first kappa shape index (κ1) is 16.6. The van der Waals surface area contributed by atoms with Gasteiger partial charge in [-0.1, -0.05) is 6.92 Å². The fourth-order valence-electron chi connectivity index (χ4n) is 3.88. The number of nitrogens with two attached hydrogens (primary N) is 1. The molecule has 0 bridgehead atoms. The third kappa shape index (κ3) is 4.17. The first-order valence-electron chi connectivity index (χ1n) is 9.35. The van der Waals surface area contributed by atoms with Crippen molar-refractivity contribution in [3.05, 3.63) is 17.8 Å². The highest BCUT2D eigenvalue weighted by molar-refractivity contribution is 5.54. The fourth-order valence-corrected chi connectivity index (χ4v) is 3.88. The van der Waals surface area contributed by atoms with E-state index in [9.17, 15) is 0 Å². The molecular weight excluding hydrogens is 284 g/mol. The molecule has 23 heavy (non-hydrogen) atoms. The molecule has 1 aliphatic carbocycles. The van der Waals surface area contributed by atoms with Crippen molar-refractivity contribution in [2.75, 3.05) is 29.9 Å². The molecule has 2 aliphatic rings. The van der Waals surface area contributed by atoms with Gasteiger partial charge in [0.05, 0.1) is 11.4 Å². The van der Waals surface area contributed by atoms with Gasteiger partial charge in [-0.2, -0.15) is 0 Å². The van der Waals surface area contributed by atoms with E-state index in [0.29, 0.717) is 6.04 Å². The molecule has 0 aromatic carbocycles. The smallest absolute Gasteiger partial charge is 0.128 e. The zero-order chi connectivity index (χ0) is 16.2. The van der Waals surface area contributed by atoms with E-state index in [1.165, 1.54) is 44.2 Å². The first-order valence-corrected chi connectivity index (χ1v) is 9.35. The van der Waals surface area contributed by atoms with E-state index in [-0.39, 0.29) is 0 Å². The molecular formula is C19H32N4. The van der Waals surface area contributed by atoms with Gasteiger partial charge in [0.15, 0.2) is 0 Å². The highest BCUT2D eigenvalue weighted by Crippen LogP contribution is 2.28. The molecule has 0 radical (unpaired) electrons. The zero-order valence-corrected chi connectivity index (χ0v) is 14.7. The molecule has 3 N–H and O–H groups in total. The summed E-state index contributed by atoms with van der Waals surface area (Å²) < 4.78 is 0. The van der Waals surface area contributed by atoms with Crippen LogP contribution in [0.15, 0.2) is 12.1 Å². The summed E-state index contributed by atoms with van der Waals surface area (Å²) in [6.07, 6.45) is 7.53. The van der Waals surface area contributed by atoms with E-state index < -0.39 is 0 Å². The van der Waals surface area contributed by atoms with Gasteiger partial charge in [-0.3, -0.25) is 0 Å². The molecule has 1 aromatic heterocycles. The van der Waals surface area contributed by atoms with Crippen molar-refractivity contribution in [1.82, 2.24) is 4.98 Å². The van der Waals surface area contributed by atoms with Crippen LogP contribution in [-0.2, 0) is 0 Å². The van der Waals surface area contributed by atoms with Crippen LogP contribution >= 0.6 is 0 Å². The van der Waals surface area contributed by atoms with E-state index in [4.69, 9.17) is 10.7 Å². The summed E-state index contributed by atoms with van der Waals surface area (Å²) in [5, 5.41) is 3.71. The SMILES string of the molecule is Cc1nc(N2CCC(C)CC2)ccc1NC1CCC(CN)CC1. The van der Waals surface area contributed by atoms with Crippen molar-refractivity contribution in [3.8, 4) is 0 Å². The van der Waals surface area contributed by atoms with E-state index >= 15 is 0 Å². The Morgan fingerprint density at radius 2 is 1.83 bits per heavy atom. The Morgan fingerprint density at radius 1 is 1.13 bits per heavy atom. The minimum absolute atomic E-state index is 0.583. The average molecular weight is 316 g/mol.